The summed E-state index contributed by atoms with van der Waals surface area (Å²) < 4.78 is 2.00. The first-order valence-electron chi connectivity index (χ1n) is 3.14. The van der Waals surface area contributed by atoms with Gasteiger partial charge in [-0.15, -0.1) is 0 Å². The van der Waals surface area contributed by atoms with Crippen molar-refractivity contribution in [2.75, 3.05) is 0 Å². The van der Waals surface area contributed by atoms with Crippen LogP contribution in [-0.2, 0) is 7.05 Å². The van der Waals surface area contributed by atoms with Crippen molar-refractivity contribution in [2.24, 2.45) is 7.05 Å². The second-order valence-electron chi connectivity index (χ2n) is 2.35. The molecule has 10 heavy (non-hydrogen) atoms. The van der Waals surface area contributed by atoms with Gasteiger partial charge in [0.25, 0.3) is 0 Å². The Hall–Kier alpha value is -1.38. The second kappa shape index (κ2) is 1.80. The molecule has 0 aliphatic rings. The van der Waals surface area contributed by atoms with Gasteiger partial charge in [0.1, 0.15) is 7.05 Å². The van der Waals surface area contributed by atoms with Crippen molar-refractivity contribution in [3.8, 4) is 0 Å². The summed E-state index contributed by atoms with van der Waals surface area (Å²) >= 11 is 0. The van der Waals surface area contributed by atoms with Crippen molar-refractivity contribution in [3.63, 3.8) is 0 Å². The van der Waals surface area contributed by atoms with Crippen LogP contribution in [0.25, 0.3) is 10.9 Å². The standard InChI is InChI=1S/C7H7N3/c1-10-3-2-7-6(5-10)4-8-9-7/h2-5H,1H3/p+1. The van der Waals surface area contributed by atoms with Gasteiger partial charge in [-0.05, 0) is 0 Å². The average molecular weight is 134 g/mol. The monoisotopic (exact) mass is 134 g/mol. The fraction of sp³-hybridized carbons (Fsp3) is 0.143. The fourth-order valence-corrected chi connectivity index (χ4v) is 0.996. The van der Waals surface area contributed by atoms with Crippen LogP contribution in [0.2, 0.25) is 0 Å². The van der Waals surface area contributed by atoms with E-state index in [1.807, 2.05) is 36.3 Å². The summed E-state index contributed by atoms with van der Waals surface area (Å²) in [6, 6.07) is 2.00. The number of nitrogens with one attached hydrogen (secondary N) is 1. The quantitative estimate of drug-likeness (QED) is 0.519. The lowest BCUT2D eigenvalue weighted by atomic mass is 10.3. The van der Waals surface area contributed by atoms with Crippen LogP contribution < -0.4 is 4.57 Å². The number of hydrogen-bond acceptors (Lipinski definition) is 1. The minimum Gasteiger partial charge on any atom is -0.277 e. The SMILES string of the molecule is C[n+]1ccc2[nH]ncc2c1. The summed E-state index contributed by atoms with van der Waals surface area (Å²) in [7, 11) is 1.99. The lowest BCUT2D eigenvalue weighted by Crippen LogP contribution is -2.25. The van der Waals surface area contributed by atoms with Crippen LogP contribution in [0.4, 0.5) is 0 Å². The Labute approximate surface area is 58.3 Å². The summed E-state index contributed by atoms with van der Waals surface area (Å²) in [4.78, 5) is 0. The molecular formula is C7H8N3+. The minimum atomic E-state index is 1.08. The summed E-state index contributed by atoms with van der Waals surface area (Å²) in [5, 5.41) is 7.93. The van der Waals surface area contributed by atoms with Crippen molar-refractivity contribution in [2.45, 2.75) is 0 Å². The van der Waals surface area contributed by atoms with E-state index in [4.69, 9.17) is 0 Å². The van der Waals surface area contributed by atoms with Gasteiger partial charge in [0.05, 0.1) is 17.1 Å². The molecule has 0 saturated heterocycles. The molecule has 0 aliphatic carbocycles. The second-order valence-corrected chi connectivity index (χ2v) is 2.35. The van der Waals surface area contributed by atoms with E-state index >= 15 is 0 Å². The molecule has 2 heterocycles. The van der Waals surface area contributed by atoms with Crippen LogP contribution >= 0.6 is 0 Å². The lowest BCUT2D eigenvalue weighted by Gasteiger charge is -1.84. The molecule has 0 fully saturated rings. The normalized spacial score (nSPS) is 10.5. The van der Waals surface area contributed by atoms with Gasteiger partial charge in [-0.1, -0.05) is 0 Å². The van der Waals surface area contributed by atoms with Gasteiger partial charge in [0.15, 0.2) is 12.4 Å². The van der Waals surface area contributed by atoms with Crippen LogP contribution in [0.5, 0.6) is 0 Å². The summed E-state index contributed by atoms with van der Waals surface area (Å²) in [5.41, 5.74) is 1.08. The van der Waals surface area contributed by atoms with E-state index in [-0.39, 0.29) is 0 Å². The third-order valence-electron chi connectivity index (χ3n) is 1.52. The predicted molar refractivity (Wildman–Crippen MR) is 37.3 cm³/mol. The largest absolute Gasteiger partial charge is 0.277 e. The summed E-state index contributed by atoms with van der Waals surface area (Å²) in [6.45, 7) is 0. The van der Waals surface area contributed by atoms with E-state index in [9.17, 15) is 0 Å². The first-order valence-corrected chi connectivity index (χ1v) is 3.14. The number of aromatic nitrogens is 3. The number of pyridine rings is 1. The van der Waals surface area contributed by atoms with Crippen LogP contribution in [0.1, 0.15) is 0 Å². The van der Waals surface area contributed by atoms with Crippen molar-refractivity contribution >= 4 is 10.9 Å². The smallest absolute Gasteiger partial charge is 0.179 e. The van der Waals surface area contributed by atoms with Gasteiger partial charge in [0.2, 0.25) is 0 Å². The number of nitrogens with zero attached hydrogens (tertiary/aromatic N) is 2. The highest BCUT2D eigenvalue weighted by molar-refractivity contribution is 5.75. The van der Waals surface area contributed by atoms with Gasteiger partial charge in [0, 0.05) is 6.07 Å². The maximum absolute atomic E-state index is 3.90. The Morgan fingerprint density at radius 1 is 1.60 bits per heavy atom. The number of rotatable bonds is 0. The fourth-order valence-electron chi connectivity index (χ4n) is 0.996. The van der Waals surface area contributed by atoms with Crippen molar-refractivity contribution in [1.29, 1.82) is 0 Å². The molecule has 0 saturated carbocycles. The first kappa shape index (κ1) is 5.41. The Kier molecular flexibility index (Phi) is 0.974. The average Bonchev–Trinajstić information content (AvgIpc) is 2.33. The highest BCUT2D eigenvalue weighted by Crippen LogP contribution is 2.03. The molecule has 0 aliphatic heterocycles. The molecule has 1 N–H and O–H groups in total. The Bertz CT molecular complexity index is 350. The van der Waals surface area contributed by atoms with Crippen LogP contribution in [0.15, 0.2) is 24.7 Å². The van der Waals surface area contributed by atoms with E-state index < -0.39 is 0 Å². The topological polar surface area (TPSA) is 32.6 Å². The number of aromatic amines is 1. The van der Waals surface area contributed by atoms with Gasteiger partial charge in [-0.3, -0.25) is 5.10 Å². The van der Waals surface area contributed by atoms with Gasteiger partial charge >= 0.3 is 0 Å². The molecule has 0 bridgehead atoms. The molecule has 0 radical (unpaired) electrons. The van der Waals surface area contributed by atoms with E-state index in [2.05, 4.69) is 10.2 Å². The van der Waals surface area contributed by atoms with E-state index in [0.29, 0.717) is 0 Å². The van der Waals surface area contributed by atoms with Gasteiger partial charge in [-0.2, -0.15) is 5.10 Å². The zero-order chi connectivity index (χ0) is 6.97. The highest BCUT2D eigenvalue weighted by Gasteiger charge is 1.97. The van der Waals surface area contributed by atoms with Crippen LogP contribution in [0.3, 0.4) is 0 Å². The number of H-pyrrole nitrogens is 1. The van der Waals surface area contributed by atoms with Gasteiger partial charge < -0.3 is 0 Å². The van der Waals surface area contributed by atoms with Gasteiger partial charge in [-0.25, -0.2) is 4.57 Å². The molecule has 2 rings (SSSR count). The highest BCUT2D eigenvalue weighted by atomic mass is 15.1. The summed E-state index contributed by atoms with van der Waals surface area (Å²) in [5.74, 6) is 0. The maximum atomic E-state index is 3.90. The minimum absolute atomic E-state index is 1.08. The van der Waals surface area contributed by atoms with E-state index in [1.165, 1.54) is 0 Å². The molecular weight excluding hydrogens is 126 g/mol. The molecule has 3 nitrogen and oxygen atoms in total. The van der Waals surface area contributed by atoms with Crippen molar-refractivity contribution in [3.05, 3.63) is 24.7 Å². The zero-order valence-corrected chi connectivity index (χ0v) is 5.70. The molecule has 0 unspecified atom stereocenters. The van der Waals surface area contributed by atoms with Crippen molar-refractivity contribution in [1.82, 2.24) is 10.2 Å². The summed E-state index contributed by atoms with van der Waals surface area (Å²) in [6.07, 6.45) is 5.83. The molecule has 3 heteroatoms. The lowest BCUT2D eigenvalue weighted by molar-refractivity contribution is -0.670. The maximum Gasteiger partial charge on any atom is 0.179 e. The molecule has 50 valence electrons. The van der Waals surface area contributed by atoms with E-state index in [1.54, 1.807) is 0 Å². The molecule has 2 aromatic rings. The molecule has 0 atom stereocenters. The third kappa shape index (κ3) is 0.673. The predicted octanol–water partition coefficient (Wildman–Crippen LogP) is 0.387. The van der Waals surface area contributed by atoms with Crippen LogP contribution in [-0.4, -0.2) is 10.2 Å². The number of aryl methyl sites for hydroxylation is 1. The van der Waals surface area contributed by atoms with Crippen molar-refractivity contribution < 1.29 is 4.57 Å². The molecule has 0 spiro atoms. The van der Waals surface area contributed by atoms with Crippen LogP contribution in [0, 0.1) is 0 Å². The van der Waals surface area contributed by atoms with E-state index in [0.717, 1.165) is 10.9 Å². The Morgan fingerprint density at radius 2 is 2.50 bits per heavy atom. The first-order chi connectivity index (χ1) is 4.86. The molecule has 2 aromatic heterocycles. The molecule has 0 aromatic carbocycles. The Morgan fingerprint density at radius 3 is 3.40 bits per heavy atom. The number of hydrogen-bond donors (Lipinski definition) is 1. The molecule has 0 amide bonds. The zero-order valence-electron chi connectivity index (χ0n) is 5.70. The number of fused-ring (bicyclic) bond motifs is 1. The Balaban J connectivity index is 2.86. The third-order valence-corrected chi connectivity index (χ3v) is 1.52.